The fourth-order valence-electron chi connectivity index (χ4n) is 2.56. The lowest BCUT2D eigenvalue weighted by atomic mass is 10.1. The predicted octanol–water partition coefficient (Wildman–Crippen LogP) is 2.18. The van der Waals surface area contributed by atoms with Gasteiger partial charge in [0, 0.05) is 19.3 Å². The molecule has 124 valence electrons. The Labute approximate surface area is 139 Å². The molecule has 0 unspecified atom stereocenters. The minimum Gasteiger partial charge on any atom is -0.497 e. The van der Waals surface area contributed by atoms with E-state index in [1.165, 1.54) is 10.1 Å². The second-order valence-electron chi connectivity index (χ2n) is 5.60. The third-order valence-corrected chi connectivity index (χ3v) is 3.96. The van der Waals surface area contributed by atoms with E-state index in [4.69, 9.17) is 10.5 Å². The van der Waals surface area contributed by atoms with Crippen LogP contribution in [0, 0.1) is 0 Å². The summed E-state index contributed by atoms with van der Waals surface area (Å²) in [7, 11) is 3.36. The Bertz CT molecular complexity index is 917. The van der Waals surface area contributed by atoms with Gasteiger partial charge in [-0.3, -0.25) is 9.36 Å². The highest BCUT2D eigenvalue weighted by Gasteiger charge is 2.08. The highest BCUT2D eigenvalue weighted by molar-refractivity contribution is 5.81. The van der Waals surface area contributed by atoms with Gasteiger partial charge in [0.2, 0.25) is 5.95 Å². The predicted molar refractivity (Wildman–Crippen MR) is 96.6 cm³/mol. The summed E-state index contributed by atoms with van der Waals surface area (Å²) in [4.78, 5) is 16.9. The number of hydrogen-bond donors (Lipinski definition) is 2. The molecule has 3 rings (SSSR count). The van der Waals surface area contributed by atoms with E-state index in [-0.39, 0.29) is 5.56 Å². The van der Waals surface area contributed by atoms with Crippen molar-refractivity contribution in [2.24, 2.45) is 7.05 Å². The Kier molecular flexibility index (Phi) is 4.37. The van der Waals surface area contributed by atoms with Gasteiger partial charge in [0.25, 0.3) is 5.56 Å². The summed E-state index contributed by atoms with van der Waals surface area (Å²) >= 11 is 0. The molecule has 0 saturated carbocycles. The number of nitrogen functional groups attached to an aromatic ring is 1. The Morgan fingerprint density at radius 3 is 2.67 bits per heavy atom. The highest BCUT2D eigenvalue weighted by atomic mass is 16.5. The van der Waals surface area contributed by atoms with Gasteiger partial charge in [0.05, 0.1) is 18.0 Å². The van der Waals surface area contributed by atoms with Gasteiger partial charge in [-0.2, -0.15) is 0 Å². The largest absolute Gasteiger partial charge is 0.497 e. The lowest BCUT2D eigenvalue weighted by Gasteiger charge is -2.11. The first-order chi connectivity index (χ1) is 11.6. The summed E-state index contributed by atoms with van der Waals surface area (Å²) in [6, 6.07) is 13.0. The van der Waals surface area contributed by atoms with E-state index in [1.54, 1.807) is 32.4 Å². The van der Waals surface area contributed by atoms with Crippen molar-refractivity contribution in [2.45, 2.75) is 6.42 Å². The monoisotopic (exact) mass is 324 g/mol. The fraction of sp³-hybridized carbons (Fsp3) is 0.222. The van der Waals surface area contributed by atoms with Crippen LogP contribution in [0.25, 0.3) is 10.9 Å². The third-order valence-electron chi connectivity index (χ3n) is 3.96. The van der Waals surface area contributed by atoms with Gasteiger partial charge in [-0.25, -0.2) is 4.98 Å². The average Bonchev–Trinajstić information content (AvgIpc) is 2.59. The van der Waals surface area contributed by atoms with Crippen LogP contribution in [0.4, 0.5) is 11.6 Å². The van der Waals surface area contributed by atoms with Gasteiger partial charge in [-0.15, -0.1) is 0 Å². The van der Waals surface area contributed by atoms with E-state index >= 15 is 0 Å². The maximum Gasteiger partial charge on any atom is 0.262 e. The number of ether oxygens (including phenoxy) is 1. The summed E-state index contributed by atoms with van der Waals surface area (Å²) in [6.07, 6.45) is 0.814. The van der Waals surface area contributed by atoms with E-state index in [9.17, 15) is 4.79 Å². The number of aromatic nitrogens is 2. The summed E-state index contributed by atoms with van der Waals surface area (Å²) < 4.78 is 6.67. The van der Waals surface area contributed by atoms with Gasteiger partial charge in [0.15, 0.2) is 0 Å². The van der Waals surface area contributed by atoms with E-state index in [0.29, 0.717) is 29.1 Å². The third kappa shape index (κ3) is 3.17. The second kappa shape index (κ2) is 6.62. The number of methoxy groups -OCH3 is 1. The van der Waals surface area contributed by atoms with E-state index in [0.717, 1.165) is 12.2 Å². The molecule has 0 radical (unpaired) electrons. The smallest absolute Gasteiger partial charge is 0.262 e. The zero-order chi connectivity index (χ0) is 17.1. The topological polar surface area (TPSA) is 82.2 Å². The van der Waals surface area contributed by atoms with Crippen molar-refractivity contribution in [1.82, 2.24) is 9.55 Å². The van der Waals surface area contributed by atoms with Gasteiger partial charge in [-0.05, 0) is 42.3 Å². The number of rotatable bonds is 5. The molecule has 6 nitrogen and oxygen atoms in total. The maximum atomic E-state index is 12.4. The van der Waals surface area contributed by atoms with Crippen LogP contribution in [-0.4, -0.2) is 23.2 Å². The van der Waals surface area contributed by atoms with Crippen LogP contribution in [0.3, 0.4) is 0 Å². The quantitative estimate of drug-likeness (QED) is 0.703. The summed E-state index contributed by atoms with van der Waals surface area (Å²) in [5.74, 6) is 1.37. The van der Waals surface area contributed by atoms with Crippen LogP contribution < -0.4 is 21.3 Å². The lowest BCUT2D eigenvalue weighted by Crippen LogP contribution is -2.23. The molecule has 0 fully saturated rings. The molecule has 3 aromatic rings. The number of hydrogen-bond acceptors (Lipinski definition) is 5. The molecule has 0 aliphatic carbocycles. The molecular formula is C18H20N4O2. The maximum absolute atomic E-state index is 12.4. The molecule has 0 aliphatic rings. The van der Waals surface area contributed by atoms with Crippen LogP contribution >= 0.6 is 0 Å². The normalized spacial score (nSPS) is 10.8. The molecular weight excluding hydrogens is 304 g/mol. The molecule has 0 bridgehead atoms. The molecule has 0 atom stereocenters. The molecule has 1 heterocycles. The number of nitrogens with one attached hydrogen (secondary N) is 1. The van der Waals surface area contributed by atoms with Crippen molar-refractivity contribution >= 4 is 22.5 Å². The Hall–Kier alpha value is -3.02. The summed E-state index contributed by atoms with van der Waals surface area (Å²) in [5, 5.41) is 3.78. The van der Waals surface area contributed by atoms with Crippen LogP contribution in [0.15, 0.2) is 47.3 Å². The zero-order valence-electron chi connectivity index (χ0n) is 13.7. The molecule has 1 aromatic heterocycles. The Morgan fingerprint density at radius 1 is 1.21 bits per heavy atom. The first-order valence-corrected chi connectivity index (χ1v) is 7.71. The first kappa shape index (κ1) is 15.9. The van der Waals surface area contributed by atoms with Crippen LogP contribution in [0.5, 0.6) is 5.75 Å². The van der Waals surface area contributed by atoms with Crippen LogP contribution in [0.1, 0.15) is 5.56 Å². The standard InChI is InChI=1S/C18H20N4O2/c1-22-17(23)15-8-5-13(19)11-16(15)21-18(22)20-10-9-12-3-6-14(24-2)7-4-12/h3-8,11H,9-10,19H2,1-2H3,(H,20,21). The number of nitrogens with two attached hydrogens (primary N) is 1. The van der Waals surface area contributed by atoms with Crippen molar-refractivity contribution in [2.75, 3.05) is 24.7 Å². The fourth-order valence-corrected chi connectivity index (χ4v) is 2.56. The summed E-state index contributed by atoms with van der Waals surface area (Å²) in [5.41, 5.74) is 8.06. The second-order valence-corrected chi connectivity index (χ2v) is 5.60. The molecule has 3 N–H and O–H groups in total. The molecule has 0 aliphatic heterocycles. The first-order valence-electron chi connectivity index (χ1n) is 7.71. The minimum absolute atomic E-state index is 0.0908. The zero-order valence-corrected chi connectivity index (χ0v) is 13.7. The van der Waals surface area contributed by atoms with E-state index in [2.05, 4.69) is 10.3 Å². The highest BCUT2D eigenvalue weighted by Crippen LogP contribution is 2.15. The SMILES string of the molecule is COc1ccc(CCNc2nc3cc(N)ccc3c(=O)n2C)cc1. The van der Waals surface area contributed by atoms with Crippen LogP contribution in [0.2, 0.25) is 0 Å². The molecule has 2 aromatic carbocycles. The lowest BCUT2D eigenvalue weighted by molar-refractivity contribution is 0.414. The van der Waals surface area contributed by atoms with Crippen molar-refractivity contribution in [3.63, 3.8) is 0 Å². The van der Waals surface area contributed by atoms with E-state index in [1.807, 2.05) is 24.3 Å². The van der Waals surface area contributed by atoms with Gasteiger partial charge in [0.1, 0.15) is 5.75 Å². The van der Waals surface area contributed by atoms with Gasteiger partial charge >= 0.3 is 0 Å². The van der Waals surface area contributed by atoms with Gasteiger partial charge in [-0.1, -0.05) is 12.1 Å². The van der Waals surface area contributed by atoms with Crippen molar-refractivity contribution < 1.29 is 4.74 Å². The minimum atomic E-state index is -0.0908. The van der Waals surface area contributed by atoms with E-state index < -0.39 is 0 Å². The average molecular weight is 324 g/mol. The summed E-state index contributed by atoms with van der Waals surface area (Å²) in [6.45, 7) is 0.667. The molecule has 24 heavy (non-hydrogen) atoms. The number of nitrogens with zero attached hydrogens (tertiary/aromatic N) is 2. The Morgan fingerprint density at radius 2 is 1.96 bits per heavy atom. The molecule has 0 saturated heterocycles. The van der Waals surface area contributed by atoms with Crippen molar-refractivity contribution in [1.29, 1.82) is 0 Å². The van der Waals surface area contributed by atoms with Crippen molar-refractivity contribution in [3.05, 3.63) is 58.4 Å². The van der Waals surface area contributed by atoms with Gasteiger partial charge < -0.3 is 15.8 Å². The number of benzene rings is 2. The number of fused-ring (bicyclic) bond motifs is 1. The number of anilines is 2. The molecule has 0 spiro atoms. The van der Waals surface area contributed by atoms with Crippen molar-refractivity contribution in [3.8, 4) is 5.75 Å². The van der Waals surface area contributed by atoms with Crippen LogP contribution in [-0.2, 0) is 13.5 Å². The molecule has 6 heteroatoms. The Balaban J connectivity index is 1.77. The molecule has 0 amide bonds.